The van der Waals surface area contributed by atoms with Gasteiger partial charge in [-0.25, -0.2) is 0 Å². The topological polar surface area (TPSA) is 66.0 Å². The molecule has 0 aliphatic heterocycles. The number of amides is 1. The average molecular weight is 473 g/mol. The number of hydrogen-bond donors (Lipinski definition) is 1. The average Bonchev–Trinajstić information content (AvgIpc) is 3.33. The number of carbonyl (C=O) groups excluding carboxylic acids is 1. The fourth-order valence-corrected chi connectivity index (χ4v) is 5.66. The van der Waals surface area contributed by atoms with Gasteiger partial charge in [-0.1, -0.05) is 50.0 Å². The van der Waals surface area contributed by atoms with E-state index in [2.05, 4.69) is 32.2 Å². The van der Waals surface area contributed by atoms with Gasteiger partial charge in [0, 0.05) is 10.4 Å². The summed E-state index contributed by atoms with van der Waals surface area (Å²) in [6.45, 7) is 6.76. The second-order valence-electron chi connectivity index (χ2n) is 8.84. The summed E-state index contributed by atoms with van der Waals surface area (Å²) in [5.41, 5.74) is 2.48. The monoisotopic (exact) mass is 472 g/mol. The van der Waals surface area contributed by atoms with Crippen molar-refractivity contribution >= 4 is 45.4 Å². The van der Waals surface area contributed by atoms with Crippen LogP contribution in [0.2, 0.25) is 10.0 Å². The van der Waals surface area contributed by atoms with Crippen LogP contribution in [-0.4, -0.2) is 5.91 Å². The van der Waals surface area contributed by atoms with Crippen molar-refractivity contribution in [3.8, 4) is 17.4 Å². The molecule has 31 heavy (non-hydrogen) atoms. The molecule has 1 aromatic carbocycles. The van der Waals surface area contributed by atoms with Crippen molar-refractivity contribution in [2.24, 2.45) is 11.3 Å². The molecule has 2 heterocycles. The maximum atomic E-state index is 12.8. The van der Waals surface area contributed by atoms with Gasteiger partial charge in [-0.2, -0.15) is 5.26 Å². The van der Waals surface area contributed by atoms with Gasteiger partial charge < -0.3 is 9.73 Å². The number of carbonyl (C=O) groups is 1. The fourth-order valence-electron chi connectivity index (χ4n) is 3.99. The Bertz CT molecular complexity index is 1200. The maximum Gasteiger partial charge on any atom is 0.292 e. The molecule has 4 nitrogen and oxygen atoms in total. The second kappa shape index (κ2) is 8.35. The summed E-state index contributed by atoms with van der Waals surface area (Å²) in [5, 5.41) is 14.0. The molecule has 0 radical (unpaired) electrons. The van der Waals surface area contributed by atoms with Crippen LogP contribution in [0.25, 0.3) is 11.3 Å². The molecule has 3 aromatic rings. The van der Waals surface area contributed by atoms with Crippen molar-refractivity contribution < 1.29 is 9.21 Å². The molecule has 2 aromatic heterocycles. The third-order valence-electron chi connectivity index (χ3n) is 5.88. The van der Waals surface area contributed by atoms with Crippen LogP contribution in [0.4, 0.5) is 5.00 Å². The third-order valence-corrected chi connectivity index (χ3v) is 7.86. The number of benzene rings is 1. The highest BCUT2D eigenvalue weighted by Crippen LogP contribution is 2.44. The van der Waals surface area contributed by atoms with Crippen LogP contribution in [0.3, 0.4) is 0 Å². The smallest absolute Gasteiger partial charge is 0.292 e. The van der Waals surface area contributed by atoms with E-state index in [4.69, 9.17) is 27.6 Å². The van der Waals surface area contributed by atoms with Crippen molar-refractivity contribution in [3.05, 3.63) is 62.1 Å². The molecule has 4 rings (SSSR count). The van der Waals surface area contributed by atoms with Gasteiger partial charge in [0.2, 0.25) is 0 Å². The summed E-state index contributed by atoms with van der Waals surface area (Å²) in [6.07, 6.45) is 2.86. The molecule has 7 heteroatoms. The highest BCUT2D eigenvalue weighted by atomic mass is 35.5. The summed E-state index contributed by atoms with van der Waals surface area (Å²) >= 11 is 13.8. The molecule has 0 bridgehead atoms. The molecule has 0 spiro atoms. The number of halogens is 2. The van der Waals surface area contributed by atoms with Gasteiger partial charge in [0.15, 0.2) is 5.76 Å². The molecule has 1 aliphatic rings. The molecule has 1 N–H and O–H groups in total. The van der Waals surface area contributed by atoms with Gasteiger partial charge in [-0.15, -0.1) is 11.3 Å². The molecular weight excluding hydrogens is 451 g/mol. The van der Waals surface area contributed by atoms with Crippen molar-refractivity contribution in [2.75, 3.05) is 5.32 Å². The quantitative estimate of drug-likeness (QED) is 0.426. The summed E-state index contributed by atoms with van der Waals surface area (Å²) in [6, 6.07) is 10.8. The minimum Gasteiger partial charge on any atom is -0.451 e. The number of nitrogens with one attached hydrogen (secondary N) is 1. The number of hydrogen-bond acceptors (Lipinski definition) is 4. The lowest BCUT2D eigenvalue weighted by Gasteiger charge is -2.33. The van der Waals surface area contributed by atoms with E-state index >= 15 is 0 Å². The Morgan fingerprint density at radius 2 is 2.03 bits per heavy atom. The van der Waals surface area contributed by atoms with E-state index in [1.807, 2.05) is 0 Å². The first-order valence-corrected chi connectivity index (χ1v) is 11.7. The van der Waals surface area contributed by atoms with Gasteiger partial charge in [0.25, 0.3) is 5.91 Å². The highest BCUT2D eigenvalue weighted by Gasteiger charge is 2.32. The van der Waals surface area contributed by atoms with E-state index in [0.717, 1.165) is 24.8 Å². The van der Waals surface area contributed by atoms with Gasteiger partial charge in [-0.05, 0) is 60.4 Å². The van der Waals surface area contributed by atoms with Gasteiger partial charge >= 0.3 is 0 Å². The normalized spacial score (nSPS) is 15.9. The Labute approximate surface area is 195 Å². The van der Waals surface area contributed by atoms with Crippen molar-refractivity contribution in [3.63, 3.8) is 0 Å². The van der Waals surface area contributed by atoms with E-state index < -0.39 is 5.91 Å². The van der Waals surface area contributed by atoms with Crippen LogP contribution in [0, 0.1) is 22.7 Å². The Balaban J connectivity index is 1.58. The zero-order valence-corrected chi connectivity index (χ0v) is 19.8. The molecule has 1 aliphatic carbocycles. The van der Waals surface area contributed by atoms with E-state index in [1.165, 1.54) is 16.2 Å². The summed E-state index contributed by atoms with van der Waals surface area (Å²) in [7, 11) is 0. The predicted octanol–water partition coefficient (Wildman–Crippen LogP) is 7.59. The first kappa shape index (κ1) is 22.0. The number of rotatable bonds is 3. The molecule has 0 saturated heterocycles. The largest absolute Gasteiger partial charge is 0.451 e. The summed E-state index contributed by atoms with van der Waals surface area (Å²) < 4.78 is 5.74. The Morgan fingerprint density at radius 1 is 1.26 bits per heavy atom. The van der Waals surface area contributed by atoms with Crippen LogP contribution >= 0.6 is 34.5 Å². The van der Waals surface area contributed by atoms with E-state index in [1.54, 1.807) is 30.3 Å². The zero-order chi connectivity index (χ0) is 22.3. The first-order chi connectivity index (χ1) is 14.7. The number of fused-ring (bicyclic) bond motifs is 1. The Hall–Kier alpha value is -2.26. The van der Waals surface area contributed by atoms with E-state index in [-0.39, 0.29) is 11.2 Å². The maximum absolute atomic E-state index is 12.8. The Morgan fingerprint density at radius 3 is 2.74 bits per heavy atom. The van der Waals surface area contributed by atoms with Crippen molar-refractivity contribution in [1.82, 2.24) is 0 Å². The lowest BCUT2D eigenvalue weighted by Crippen LogP contribution is -2.26. The molecule has 1 atom stereocenters. The van der Waals surface area contributed by atoms with Crippen molar-refractivity contribution in [2.45, 2.75) is 40.0 Å². The van der Waals surface area contributed by atoms with Crippen LogP contribution in [-0.2, 0) is 12.8 Å². The highest BCUT2D eigenvalue weighted by molar-refractivity contribution is 7.16. The molecular formula is C24H22Cl2N2O2S. The standard InChI is InChI=1S/C24H22Cl2N2O2S/c1-24(2,3)13-7-8-14-16(12-27)23(31-20(14)11-13)28-22(29)19-10-9-18(30-19)15-5-4-6-17(25)21(15)26/h4-6,9-10,13H,7-8,11H2,1-3H3,(H,28,29). The SMILES string of the molecule is CC(C)(C)C1CCc2c(sc(NC(=O)c3ccc(-c4cccc(Cl)c4Cl)o3)c2C#N)C1. The van der Waals surface area contributed by atoms with Crippen LogP contribution in [0.15, 0.2) is 34.7 Å². The van der Waals surface area contributed by atoms with Crippen LogP contribution in [0.5, 0.6) is 0 Å². The number of thiophene rings is 1. The molecule has 0 saturated carbocycles. The second-order valence-corrected chi connectivity index (χ2v) is 10.7. The van der Waals surface area contributed by atoms with E-state index in [9.17, 15) is 10.1 Å². The zero-order valence-electron chi connectivity index (χ0n) is 17.5. The minimum absolute atomic E-state index is 0.147. The van der Waals surface area contributed by atoms with Crippen LogP contribution < -0.4 is 5.32 Å². The number of anilines is 1. The first-order valence-electron chi connectivity index (χ1n) is 10.1. The molecule has 160 valence electrons. The Kier molecular flexibility index (Phi) is 5.91. The predicted molar refractivity (Wildman–Crippen MR) is 126 cm³/mol. The molecule has 1 amide bonds. The lowest BCUT2D eigenvalue weighted by molar-refractivity contribution is 0.0998. The fraction of sp³-hybridized carbons (Fsp3) is 0.333. The third kappa shape index (κ3) is 4.25. The number of furan rings is 1. The van der Waals surface area contributed by atoms with Crippen LogP contribution in [0.1, 0.15) is 53.8 Å². The molecule has 1 unspecified atom stereocenters. The number of nitrogens with zero attached hydrogens (tertiary/aromatic N) is 1. The minimum atomic E-state index is -0.396. The van der Waals surface area contributed by atoms with Gasteiger partial charge in [-0.3, -0.25) is 4.79 Å². The van der Waals surface area contributed by atoms with Gasteiger partial charge in [0.05, 0.1) is 15.6 Å². The summed E-state index contributed by atoms with van der Waals surface area (Å²) in [5.74, 6) is 0.765. The van der Waals surface area contributed by atoms with Crippen molar-refractivity contribution in [1.29, 1.82) is 5.26 Å². The van der Waals surface area contributed by atoms with E-state index in [0.29, 0.717) is 37.9 Å². The summed E-state index contributed by atoms with van der Waals surface area (Å²) in [4.78, 5) is 14.0. The molecule has 0 fully saturated rings. The lowest BCUT2D eigenvalue weighted by atomic mass is 9.72. The number of nitriles is 1. The van der Waals surface area contributed by atoms with Gasteiger partial charge in [0.1, 0.15) is 16.8 Å².